The lowest BCUT2D eigenvalue weighted by molar-refractivity contribution is -0.144. The van der Waals surface area contributed by atoms with Gasteiger partial charge in [-0.1, -0.05) is 23.7 Å². The Hall–Kier alpha value is -0.710. The van der Waals surface area contributed by atoms with Crippen LogP contribution in [0.15, 0.2) is 24.3 Å². The Balaban J connectivity index is 2.34. The molecule has 0 spiro atoms. The number of nitrogens with one attached hydrogen (secondary N) is 1. The van der Waals surface area contributed by atoms with Crippen molar-refractivity contribution in [2.45, 2.75) is 24.6 Å². The average Bonchev–Trinajstić information content (AvgIpc) is 2.36. The second kappa shape index (κ2) is 7.02. The highest BCUT2D eigenvalue weighted by molar-refractivity contribution is 7.98. The Morgan fingerprint density at radius 3 is 2.56 bits per heavy atom. The molecule has 100 valence electrons. The zero-order valence-electron chi connectivity index (χ0n) is 10.6. The SMILES string of the molecule is CNC(C)(CCSCc1ccc(Cl)cc1)C(=O)O. The molecule has 0 saturated heterocycles. The first-order chi connectivity index (χ1) is 8.48. The number of thioether (sulfide) groups is 1. The number of hydrogen-bond acceptors (Lipinski definition) is 3. The van der Waals surface area contributed by atoms with E-state index in [2.05, 4.69) is 5.32 Å². The van der Waals surface area contributed by atoms with Crippen LogP contribution in [0.25, 0.3) is 0 Å². The maximum absolute atomic E-state index is 11.1. The van der Waals surface area contributed by atoms with Gasteiger partial charge in [0.05, 0.1) is 0 Å². The molecule has 0 heterocycles. The molecule has 0 saturated carbocycles. The molecule has 1 aromatic carbocycles. The van der Waals surface area contributed by atoms with Gasteiger partial charge in [-0.25, -0.2) is 0 Å². The summed E-state index contributed by atoms with van der Waals surface area (Å²) >= 11 is 7.53. The van der Waals surface area contributed by atoms with E-state index in [0.717, 1.165) is 16.5 Å². The third-order valence-electron chi connectivity index (χ3n) is 2.95. The summed E-state index contributed by atoms with van der Waals surface area (Å²) in [6.45, 7) is 1.71. The van der Waals surface area contributed by atoms with Crippen LogP contribution < -0.4 is 5.32 Å². The second-order valence-corrected chi connectivity index (χ2v) is 5.86. The fraction of sp³-hybridized carbons (Fsp3) is 0.462. The molecule has 0 fully saturated rings. The van der Waals surface area contributed by atoms with Gasteiger partial charge in [0.25, 0.3) is 0 Å². The van der Waals surface area contributed by atoms with Gasteiger partial charge in [-0.2, -0.15) is 11.8 Å². The maximum Gasteiger partial charge on any atom is 0.323 e. The largest absolute Gasteiger partial charge is 0.480 e. The van der Waals surface area contributed by atoms with Gasteiger partial charge in [0.1, 0.15) is 5.54 Å². The lowest BCUT2D eigenvalue weighted by Crippen LogP contribution is -2.47. The van der Waals surface area contributed by atoms with Gasteiger partial charge >= 0.3 is 5.97 Å². The van der Waals surface area contributed by atoms with Gasteiger partial charge < -0.3 is 10.4 Å². The second-order valence-electron chi connectivity index (χ2n) is 4.32. The monoisotopic (exact) mass is 287 g/mol. The summed E-state index contributed by atoms with van der Waals surface area (Å²) in [7, 11) is 1.68. The Labute approximate surface area is 117 Å². The topological polar surface area (TPSA) is 49.3 Å². The number of benzene rings is 1. The van der Waals surface area contributed by atoms with Crippen molar-refractivity contribution in [3.63, 3.8) is 0 Å². The molecule has 0 amide bonds. The number of aliphatic carboxylic acids is 1. The highest BCUT2D eigenvalue weighted by atomic mass is 35.5. The molecule has 0 bridgehead atoms. The third-order valence-corrected chi connectivity index (χ3v) is 4.23. The predicted molar refractivity (Wildman–Crippen MR) is 77.3 cm³/mol. The quantitative estimate of drug-likeness (QED) is 0.757. The van der Waals surface area contributed by atoms with Crippen LogP contribution in [0, 0.1) is 0 Å². The van der Waals surface area contributed by atoms with E-state index in [1.165, 1.54) is 5.56 Å². The van der Waals surface area contributed by atoms with Crippen molar-refractivity contribution >= 4 is 29.3 Å². The van der Waals surface area contributed by atoms with Crippen LogP contribution in [0.4, 0.5) is 0 Å². The summed E-state index contributed by atoms with van der Waals surface area (Å²) in [5, 5.41) is 12.7. The molecule has 1 atom stereocenters. The van der Waals surface area contributed by atoms with E-state index in [1.54, 1.807) is 25.7 Å². The maximum atomic E-state index is 11.1. The van der Waals surface area contributed by atoms with Crippen LogP contribution >= 0.6 is 23.4 Å². The summed E-state index contributed by atoms with van der Waals surface area (Å²) in [5.41, 5.74) is 0.360. The molecular formula is C13H18ClNO2S. The Morgan fingerprint density at radius 2 is 2.06 bits per heavy atom. The predicted octanol–water partition coefficient (Wildman–Crippen LogP) is 3.03. The zero-order valence-corrected chi connectivity index (χ0v) is 12.1. The molecule has 5 heteroatoms. The normalized spacial score (nSPS) is 14.2. The lowest BCUT2D eigenvalue weighted by Gasteiger charge is -2.23. The minimum absolute atomic E-state index is 0.594. The number of carboxylic acid groups (broad SMARTS) is 1. The number of likely N-dealkylation sites (N-methyl/N-ethyl adjacent to an activating group) is 1. The average molecular weight is 288 g/mol. The van der Waals surface area contributed by atoms with Gasteiger partial charge in [-0.05, 0) is 43.8 Å². The summed E-state index contributed by atoms with van der Waals surface area (Å²) in [6.07, 6.45) is 0.594. The van der Waals surface area contributed by atoms with Crippen LogP contribution in [-0.4, -0.2) is 29.4 Å². The van der Waals surface area contributed by atoms with Crippen molar-refractivity contribution in [1.29, 1.82) is 0 Å². The van der Waals surface area contributed by atoms with Crippen LogP contribution in [0.2, 0.25) is 5.02 Å². The van der Waals surface area contributed by atoms with E-state index in [-0.39, 0.29) is 0 Å². The molecule has 0 aliphatic heterocycles. The smallest absolute Gasteiger partial charge is 0.323 e. The van der Waals surface area contributed by atoms with Crippen LogP contribution in [0.1, 0.15) is 18.9 Å². The van der Waals surface area contributed by atoms with Crippen molar-refractivity contribution < 1.29 is 9.90 Å². The van der Waals surface area contributed by atoms with Crippen molar-refractivity contribution in [3.05, 3.63) is 34.9 Å². The zero-order chi connectivity index (χ0) is 13.6. The number of carboxylic acids is 1. The molecule has 0 aromatic heterocycles. The highest BCUT2D eigenvalue weighted by Gasteiger charge is 2.30. The van der Waals surface area contributed by atoms with Crippen LogP contribution in [0.5, 0.6) is 0 Å². The van der Waals surface area contributed by atoms with E-state index in [0.29, 0.717) is 6.42 Å². The standard InChI is InChI=1S/C13H18ClNO2S/c1-13(15-2,12(16)17)7-8-18-9-10-3-5-11(14)6-4-10/h3-6,15H,7-9H2,1-2H3,(H,16,17). The van der Waals surface area contributed by atoms with Gasteiger partial charge in [-0.3, -0.25) is 4.79 Å². The molecule has 3 nitrogen and oxygen atoms in total. The Bertz CT molecular complexity index is 396. The Morgan fingerprint density at radius 1 is 1.44 bits per heavy atom. The lowest BCUT2D eigenvalue weighted by atomic mass is 10.00. The van der Waals surface area contributed by atoms with E-state index < -0.39 is 11.5 Å². The molecule has 1 rings (SSSR count). The Kier molecular flexibility index (Phi) is 5.99. The van der Waals surface area contributed by atoms with Crippen molar-refractivity contribution in [2.24, 2.45) is 0 Å². The van der Waals surface area contributed by atoms with E-state index in [1.807, 2.05) is 24.3 Å². The summed E-state index contributed by atoms with van der Waals surface area (Å²) in [6, 6.07) is 7.71. The van der Waals surface area contributed by atoms with Gasteiger partial charge in [0, 0.05) is 10.8 Å². The van der Waals surface area contributed by atoms with Crippen molar-refractivity contribution in [1.82, 2.24) is 5.32 Å². The van der Waals surface area contributed by atoms with Gasteiger partial charge in [0.2, 0.25) is 0 Å². The van der Waals surface area contributed by atoms with Crippen LogP contribution in [0.3, 0.4) is 0 Å². The van der Waals surface area contributed by atoms with Gasteiger partial charge in [0.15, 0.2) is 0 Å². The first-order valence-corrected chi connectivity index (χ1v) is 7.26. The molecular weight excluding hydrogens is 270 g/mol. The van der Waals surface area contributed by atoms with E-state index in [9.17, 15) is 4.79 Å². The first-order valence-electron chi connectivity index (χ1n) is 5.72. The fourth-order valence-corrected chi connectivity index (χ4v) is 2.64. The molecule has 1 aromatic rings. The number of halogens is 1. The van der Waals surface area contributed by atoms with Gasteiger partial charge in [-0.15, -0.1) is 0 Å². The molecule has 2 N–H and O–H groups in total. The minimum atomic E-state index is -0.840. The number of carbonyl (C=O) groups is 1. The van der Waals surface area contributed by atoms with Crippen molar-refractivity contribution in [3.8, 4) is 0 Å². The summed E-state index contributed by atoms with van der Waals surface area (Å²) in [4.78, 5) is 11.1. The number of hydrogen-bond donors (Lipinski definition) is 2. The van der Waals surface area contributed by atoms with Crippen molar-refractivity contribution in [2.75, 3.05) is 12.8 Å². The molecule has 0 aliphatic carbocycles. The number of rotatable bonds is 7. The summed E-state index contributed by atoms with van der Waals surface area (Å²) < 4.78 is 0. The van der Waals surface area contributed by atoms with E-state index >= 15 is 0 Å². The minimum Gasteiger partial charge on any atom is -0.480 e. The molecule has 0 radical (unpaired) electrons. The van der Waals surface area contributed by atoms with Crippen LogP contribution in [-0.2, 0) is 10.5 Å². The third kappa shape index (κ3) is 4.52. The fourth-order valence-electron chi connectivity index (χ4n) is 1.39. The molecule has 1 unspecified atom stereocenters. The summed E-state index contributed by atoms with van der Waals surface area (Å²) in [5.74, 6) is 0.861. The molecule has 0 aliphatic rings. The highest BCUT2D eigenvalue weighted by Crippen LogP contribution is 2.19. The van der Waals surface area contributed by atoms with E-state index in [4.69, 9.17) is 16.7 Å². The molecule has 18 heavy (non-hydrogen) atoms. The first kappa shape index (κ1) is 15.3.